The Morgan fingerprint density at radius 1 is 0.453 bits per heavy atom. The minimum atomic E-state index is -2.03. The van der Waals surface area contributed by atoms with Gasteiger partial charge in [0.2, 0.25) is 11.8 Å². The van der Waals surface area contributed by atoms with Gasteiger partial charge in [-0.3, -0.25) is 9.59 Å². The van der Waals surface area contributed by atoms with Crippen molar-refractivity contribution in [3.8, 4) is 0 Å². The van der Waals surface area contributed by atoms with Crippen LogP contribution in [0.5, 0.6) is 0 Å². The van der Waals surface area contributed by atoms with Gasteiger partial charge in [0.05, 0.1) is 38.6 Å². The summed E-state index contributed by atoms with van der Waals surface area (Å²) in [6.07, 6.45) is 7.90. The first kappa shape index (κ1) is 78.5. The maximum absolute atomic E-state index is 13.8. The predicted octanol–water partition coefficient (Wildman–Crippen LogP) is 5.10. The lowest BCUT2D eigenvalue weighted by atomic mass is 9.95. The van der Waals surface area contributed by atoms with Crippen LogP contribution in [0.2, 0.25) is 0 Å². The molecule has 3 saturated heterocycles. The van der Waals surface area contributed by atoms with Gasteiger partial charge in [-0.15, -0.1) is 0 Å². The number of hydrogen-bond acceptors (Lipinski definition) is 20. The van der Waals surface area contributed by atoms with E-state index in [2.05, 4.69) is 31.4 Å². The van der Waals surface area contributed by atoms with Crippen molar-refractivity contribution in [3.05, 3.63) is 0 Å². The van der Waals surface area contributed by atoms with Crippen LogP contribution in [0.1, 0.15) is 246 Å². The van der Waals surface area contributed by atoms with Gasteiger partial charge in [0.15, 0.2) is 18.9 Å². The molecule has 0 unspecified atom stereocenters. The molecule has 2 amide bonds. The van der Waals surface area contributed by atoms with Crippen LogP contribution in [0.4, 0.5) is 0 Å². The molecule has 3 aliphatic heterocycles. The minimum Gasteiger partial charge on any atom is -0.394 e. The summed E-state index contributed by atoms with van der Waals surface area (Å²) in [5, 5.41) is 136. The van der Waals surface area contributed by atoms with Gasteiger partial charge in [-0.25, -0.2) is 0 Å². The molecule has 3 rings (SSSR count). The van der Waals surface area contributed by atoms with Crippen LogP contribution in [0, 0.1) is 5.92 Å². The van der Waals surface area contributed by atoms with Crippen molar-refractivity contribution < 1.29 is 99.3 Å². The number of ether oxygens (including phenoxy) is 6. The van der Waals surface area contributed by atoms with Gasteiger partial charge in [-0.05, 0) is 18.8 Å². The van der Waals surface area contributed by atoms with Gasteiger partial charge in [-0.1, -0.05) is 226 Å². The molecule has 22 nitrogen and oxygen atoms in total. The van der Waals surface area contributed by atoms with Crippen LogP contribution in [0.15, 0.2) is 0 Å². The number of carbonyl (C=O) groups excluding carboxylic acids is 2. The summed E-state index contributed by atoms with van der Waals surface area (Å²) in [5.74, 6) is -0.836. The van der Waals surface area contributed by atoms with Crippen LogP contribution in [-0.4, -0.2) is 216 Å². The first-order chi connectivity index (χ1) is 41.4. The molecule has 0 aliphatic carbocycles. The molecule has 19 atom stereocenters. The lowest BCUT2D eigenvalue weighted by molar-refractivity contribution is -0.387. The highest BCUT2D eigenvalue weighted by Crippen LogP contribution is 2.34. The van der Waals surface area contributed by atoms with Crippen molar-refractivity contribution in [2.24, 2.45) is 5.92 Å². The summed E-state index contributed by atoms with van der Waals surface area (Å²) in [7, 11) is 0. The summed E-state index contributed by atoms with van der Waals surface area (Å²) in [5.41, 5.74) is 0. The summed E-state index contributed by atoms with van der Waals surface area (Å²) >= 11 is 0. The minimum absolute atomic E-state index is 0.122. The number of rotatable bonds is 50. The smallest absolute Gasteiger partial charge is 0.249 e. The molecule has 22 heteroatoms. The van der Waals surface area contributed by atoms with Crippen molar-refractivity contribution in [2.45, 2.75) is 362 Å². The van der Waals surface area contributed by atoms with Crippen LogP contribution in [0.3, 0.4) is 0 Å². The number of carbonyl (C=O) groups is 2. The second-order valence-corrected chi connectivity index (χ2v) is 25.4. The molecule has 0 radical (unpaired) electrons. The third-order valence-electron chi connectivity index (χ3n) is 17.5. The van der Waals surface area contributed by atoms with Crippen molar-refractivity contribution >= 4 is 11.8 Å². The van der Waals surface area contributed by atoms with E-state index in [1.54, 1.807) is 0 Å². The molecule has 3 fully saturated rings. The fourth-order valence-corrected chi connectivity index (χ4v) is 11.9. The molecule has 86 heavy (non-hydrogen) atoms. The Kier molecular flexibility index (Phi) is 42.2. The predicted molar refractivity (Wildman–Crippen MR) is 324 cm³/mol. The largest absolute Gasteiger partial charge is 0.394 e. The normalized spacial score (nSPS) is 29.4. The fourth-order valence-electron chi connectivity index (χ4n) is 11.9. The highest BCUT2D eigenvalue weighted by atomic mass is 16.8. The third kappa shape index (κ3) is 29.7. The zero-order chi connectivity index (χ0) is 63.2. The molecule has 3 heterocycles. The second-order valence-electron chi connectivity index (χ2n) is 25.4. The average molecular weight is 1240 g/mol. The number of hydrogen-bond donors (Lipinski definition) is 14. The first-order valence-electron chi connectivity index (χ1n) is 33.8. The molecular formula is C64H122N2O20. The van der Waals surface area contributed by atoms with E-state index in [-0.39, 0.29) is 12.8 Å². The van der Waals surface area contributed by atoms with Gasteiger partial charge in [0.1, 0.15) is 85.4 Å². The number of unbranched alkanes of at least 4 members (excludes halogenated alkanes) is 29. The second kappa shape index (κ2) is 46.3. The molecule has 0 saturated carbocycles. The molecule has 0 spiro atoms. The van der Waals surface area contributed by atoms with E-state index in [0.717, 1.165) is 70.6 Å². The average Bonchev–Trinajstić information content (AvgIpc) is 2.83. The summed E-state index contributed by atoms with van der Waals surface area (Å²) in [4.78, 5) is 26.2. The van der Waals surface area contributed by atoms with E-state index in [9.17, 15) is 70.9 Å². The van der Waals surface area contributed by atoms with Crippen molar-refractivity contribution in [1.82, 2.24) is 10.6 Å². The number of aliphatic hydroxyl groups excluding tert-OH is 12. The van der Waals surface area contributed by atoms with Gasteiger partial charge >= 0.3 is 0 Å². The topological polar surface area (TPSA) is 356 Å². The van der Waals surface area contributed by atoms with Crippen LogP contribution < -0.4 is 10.6 Å². The molecule has 0 aromatic heterocycles. The highest BCUT2D eigenvalue weighted by molar-refractivity contribution is 5.80. The molecule has 14 N–H and O–H groups in total. The molecule has 3 aliphatic rings. The standard InChI is InChI=1S/C64H122N2O20/c1-5-6-7-8-9-10-11-12-13-14-15-16-17-18-19-20-21-26-29-32-35-38-47(72)61(80)66-45(52(73)46(71)37-34-31-28-25-23-22-24-27-30-33-36-43(2)3)42-81-64-60(86-63-58(79)57(78)54(75)49(40-68)83-63)59(55(76)50(41-69)84-64)85-62-51(65-44(4)70)56(77)53(74)48(39-67)82-62/h43,45-60,62-64,67-69,71-79H,5-42H2,1-4H3,(H,65,70)(H,66,80)/t45-,46+,47+,48+,49+,50+,51+,52-,53-,54+,55-,56+,57-,58+,59-,60+,62+,63+,64-/m0/s1. The quantitative estimate of drug-likeness (QED) is 0.0352. The van der Waals surface area contributed by atoms with E-state index in [0.29, 0.717) is 12.8 Å². The number of nitrogens with one attached hydrogen (secondary N) is 2. The number of amides is 2. The van der Waals surface area contributed by atoms with E-state index in [1.165, 1.54) is 135 Å². The van der Waals surface area contributed by atoms with Gasteiger partial charge in [0.25, 0.3) is 0 Å². The van der Waals surface area contributed by atoms with Crippen LogP contribution in [0.25, 0.3) is 0 Å². The Balaban J connectivity index is 1.69. The Labute approximate surface area is 514 Å². The van der Waals surface area contributed by atoms with Gasteiger partial charge in [-0.2, -0.15) is 0 Å². The Hall–Kier alpha value is -1.78. The van der Waals surface area contributed by atoms with Crippen LogP contribution >= 0.6 is 0 Å². The Bertz CT molecular complexity index is 1690. The Morgan fingerprint density at radius 2 is 0.837 bits per heavy atom. The maximum Gasteiger partial charge on any atom is 0.249 e. The molecule has 0 bridgehead atoms. The maximum atomic E-state index is 13.8. The van der Waals surface area contributed by atoms with E-state index < -0.39 is 155 Å². The monoisotopic (exact) mass is 1240 g/mol. The molecular weight excluding hydrogens is 1120 g/mol. The van der Waals surface area contributed by atoms with E-state index >= 15 is 0 Å². The van der Waals surface area contributed by atoms with Crippen molar-refractivity contribution in [3.63, 3.8) is 0 Å². The zero-order valence-corrected chi connectivity index (χ0v) is 53.0. The SMILES string of the molecule is CCCCCCCCCCCCCCCCCCCCCCC[C@@H](O)C(=O)N[C@@H](CO[C@H]1O[C@H](CO)[C@H](O)[C@H](O[C@H]2O[C@H](CO)[C@H](O)[C@H](O)[C@H]2NC(C)=O)[C@H]1O[C@H]1O[C@H](CO)[C@@H](O)[C@H](O)[C@H]1O)[C@H](O)[C@H](O)CCCCCCCCCCCCC(C)C. The summed E-state index contributed by atoms with van der Waals surface area (Å²) in [6.45, 7) is 4.56. The Morgan fingerprint density at radius 3 is 1.28 bits per heavy atom. The highest BCUT2D eigenvalue weighted by Gasteiger charge is 2.55. The van der Waals surface area contributed by atoms with Crippen molar-refractivity contribution in [2.75, 3.05) is 26.4 Å². The molecule has 0 aromatic rings. The van der Waals surface area contributed by atoms with E-state index in [1.807, 2.05) is 0 Å². The van der Waals surface area contributed by atoms with Crippen molar-refractivity contribution in [1.29, 1.82) is 0 Å². The first-order valence-corrected chi connectivity index (χ1v) is 33.8. The molecule has 508 valence electrons. The third-order valence-corrected chi connectivity index (χ3v) is 17.5. The van der Waals surface area contributed by atoms with Gasteiger partial charge in [0, 0.05) is 6.92 Å². The fraction of sp³-hybridized carbons (Fsp3) is 0.969. The lowest BCUT2D eigenvalue weighted by Gasteiger charge is -2.49. The molecule has 0 aromatic carbocycles. The van der Waals surface area contributed by atoms with E-state index in [4.69, 9.17) is 28.4 Å². The summed E-state index contributed by atoms with van der Waals surface area (Å²) < 4.78 is 36.0. The zero-order valence-electron chi connectivity index (χ0n) is 53.0. The number of aliphatic hydroxyl groups is 12. The van der Waals surface area contributed by atoms with Gasteiger partial charge < -0.3 is 100 Å². The lowest BCUT2D eigenvalue weighted by Crippen LogP contribution is -2.69. The van der Waals surface area contributed by atoms with Crippen LogP contribution in [-0.2, 0) is 38.0 Å². The summed E-state index contributed by atoms with van der Waals surface area (Å²) in [6, 6.07) is -3.01.